The molecule has 0 bridgehead atoms. The molecule has 1 N–H and O–H groups in total. The van der Waals surface area contributed by atoms with Crippen molar-refractivity contribution in [1.82, 2.24) is 0 Å². The summed E-state index contributed by atoms with van der Waals surface area (Å²) in [6, 6.07) is 7.28. The van der Waals surface area contributed by atoms with Crippen molar-refractivity contribution in [3.8, 4) is 0 Å². The highest BCUT2D eigenvalue weighted by Gasteiger charge is 2.09. The van der Waals surface area contributed by atoms with Crippen molar-refractivity contribution in [3.05, 3.63) is 35.4 Å². The van der Waals surface area contributed by atoms with Gasteiger partial charge in [-0.1, -0.05) is 76.8 Å². The summed E-state index contributed by atoms with van der Waals surface area (Å²) in [7, 11) is 0. The van der Waals surface area contributed by atoms with Gasteiger partial charge in [-0.05, 0) is 42.2 Å². The highest BCUT2D eigenvalue weighted by Crippen LogP contribution is 2.19. The van der Waals surface area contributed by atoms with Crippen LogP contribution in [0.25, 0.3) is 0 Å². The highest BCUT2D eigenvalue weighted by atomic mass is 35.5. The molecule has 0 aliphatic rings. The topological polar surface area (TPSA) is 37.3 Å². The molecule has 1 unspecified atom stereocenters. The van der Waals surface area contributed by atoms with Crippen LogP contribution in [0.5, 0.6) is 0 Å². The smallest absolute Gasteiger partial charge is 0.335 e. The van der Waals surface area contributed by atoms with Gasteiger partial charge in [-0.3, -0.25) is 0 Å². The van der Waals surface area contributed by atoms with Gasteiger partial charge in [-0.25, -0.2) is 4.79 Å². The molecule has 1 rings (SSSR count). The molecule has 1 aromatic rings. The number of rotatable bonds is 14. The summed E-state index contributed by atoms with van der Waals surface area (Å²) in [5, 5.41) is 8.94. The van der Waals surface area contributed by atoms with E-state index in [9.17, 15) is 4.79 Å². The normalized spacial score (nSPS) is 11.8. The molecule has 0 saturated carbocycles. The van der Waals surface area contributed by atoms with Crippen LogP contribution in [0.3, 0.4) is 0 Å². The average Bonchev–Trinajstić information content (AvgIpc) is 2.59. The summed E-state index contributed by atoms with van der Waals surface area (Å²) >= 11 is 4.50. The number of hydrogen-bond donors (Lipinski definition) is 2. The van der Waals surface area contributed by atoms with E-state index in [0.717, 1.165) is 12.2 Å². The van der Waals surface area contributed by atoms with Gasteiger partial charge in [-0.2, -0.15) is 12.6 Å². The molecule has 25 heavy (non-hydrogen) atoms. The Bertz CT molecular complexity index is 448. The van der Waals surface area contributed by atoms with Gasteiger partial charge in [-0.15, -0.1) is 12.4 Å². The Morgan fingerprint density at radius 1 is 0.960 bits per heavy atom. The lowest BCUT2D eigenvalue weighted by molar-refractivity contribution is 0.0697. The van der Waals surface area contributed by atoms with Crippen LogP contribution >= 0.6 is 25.0 Å². The first-order chi connectivity index (χ1) is 11.7. The number of carboxylic acids is 1. The molecule has 144 valence electrons. The van der Waals surface area contributed by atoms with Crippen molar-refractivity contribution in [2.75, 3.05) is 5.75 Å². The monoisotopic (exact) mass is 386 g/mol. The van der Waals surface area contributed by atoms with Crippen molar-refractivity contribution in [1.29, 1.82) is 0 Å². The Labute approximate surface area is 165 Å². The van der Waals surface area contributed by atoms with E-state index in [1.807, 2.05) is 12.1 Å². The minimum absolute atomic E-state index is 0. The maximum Gasteiger partial charge on any atom is 0.335 e. The second-order valence-electron chi connectivity index (χ2n) is 6.87. The SMILES string of the molecule is CCCCCCCCCCCC(CS)Cc1ccc(C(=O)O)cc1.Cl. The number of unbranched alkanes of at least 4 members (excludes halogenated alkanes) is 8. The van der Waals surface area contributed by atoms with Crippen LogP contribution < -0.4 is 0 Å². The summed E-state index contributed by atoms with van der Waals surface area (Å²) in [6.45, 7) is 2.26. The Morgan fingerprint density at radius 2 is 1.48 bits per heavy atom. The first-order valence-corrected chi connectivity index (χ1v) is 10.2. The number of carbonyl (C=O) groups is 1. The summed E-state index contributed by atoms with van der Waals surface area (Å²) in [5.74, 6) is 0.632. The fraction of sp³-hybridized carbons (Fsp3) is 0.667. The third kappa shape index (κ3) is 11.5. The van der Waals surface area contributed by atoms with Crippen molar-refractivity contribution < 1.29 is 9.90 Å². The molecular formula is C21H35ClO2S. The molecule has 0 radical (unpaired) electrons. The van der Waals surface area contributed by atoms with Crippen LogP contribution in [0.1, 0.15) is 87.1 Å². The zero-order chi connectivity index (χ0) is 17.6. The lowest BCUT2D eigenvalue weighted by Crippen LogP contribution is -2.07. The fourth-order valence-electron chi connectivity index (χ4n) is 3.12. The van der Waals surface area contributed by atoms with E-state index >= 15 is 0 Å². The fourth-order valence-corrected chi connectivity index (χ4v) is 3.43. The van der Waals surface area contributed by atoms with Crippen LogP contribution in [0.2, 0.25) is 0 Å². The van der Waals surface area contributed by atoms with Crippen molar-refractivity contribution in [2.24, 2.45) is 5.92 Å². The van der Waals surface area contributed by atoms with Gasteiger partial charge < -0.3 is 5.11 Å². The molecular weight excluding hydrogens is 352 g/mol. The molecule has 0 fully saturated rings. The third-order valence-electron chi connectivity index (χ3n) is 4.70. The van der Waals surface area contributed by atoms with Crippen LogP contribution in [0.15, 0.2) is 24.3 Å². The van der Waals surface area contributed by atoms with Gasteiger partial charge in [0.2, 0.25) is 0 Å². The van der Waals surface area contributed by atoms with Gasteiger partial charge in [0.1, 0.15) is 0 Å². The van der Waals surface area contributed by atoms with E-state index < -0.39 is 5.97 Å². The molecule has 1 atom stereocenters. The van der Waals surface area contributed by atoms with Crippen molar-refractivity contribution in [2.45, 2.75) is 77.6 Å². The first-order valence-electron chi connectivity index (χ1n) is 9.60. The molecule has 2 nitrogen and oxygen atoms in total. The second-order valence-corrected chi connectivity index (χ2v) is 7.24. The number of aromatic carboxylic acids is 1. The van der Waals surface area contributed by atoms with Gasteiger partial charge in [0, 0.05) is 0 Å². The molecule has 0 aliphatic carbocycles. The van der Waals surface area contributed by atoms with Crippen molar-refractivity contribution >= 4 is 31.0 Å². The van der Waals surface area contributed by atoms with E-state index in [1.165, 1.54) is 69.8 Å². The molecule has 0 amide bonds. The predicted molar refractivity (Wildman–Crippen MR) is 114 cm³/mol. The number of thiol groups is 1. The minimum Gasteiger partial charge on any atom is -0.478 e. The molecule has 4 heteroatoms. The largest absolute Gasteiger partial charge is 0.478 e. The number of hydrogen-bond acceptors (Lipinski definition) is 2. The Morgan fingerprint density at radius 3 is 1.96 bits per heavy atom. The van der Waals surface area contributed by atoms with E-state index in [4.69, 9.17) is 5.11 Å². The average molecular weight is 387 g/mol. The van der Waals surface area contributed by atoms with E-state index in [-0.39, 0.29) is 12.4 Å². The number of carboxylic acid groups (broad SMARTS) is 1. The highest BCUT2D eigenvalue weighted by molar-refractivity contribution is 7.80. The molecule has 0 aromatic heterocycles. The van der Waals surface area contributed by atoms with E-state index in [2.05, 4.69) is 19.6 Å². The number of halogens is 1. The Hall–Kier alpha value is -0.670. The zero-order valence-electron chi connectivity index (χ0n) is 15.6. The maximum atomic E-state index is 10.9. The summed E-state index contributed by atoms with van der Waals surface area (Å²) in [6.07, 6.45) is 14.5. The van der Waals surface area contributed by atoms with E-state index in [1.54, 1.807) is 12.1 Å². The number of benzene rings is 1. The van der Waals surface area contributed by atoms with Crippen LogP contribution in [-0.4, -0.2) is 16.8 Å². The van der Waals surface area contributed by atoms with Crippen LogP contribution in [0.4, 0.5) is 0 Å². The standard InChI is InChI=1S/C21H34O2S.ClH/c1-2-3-4-5-6-7-8-9-10-11-19(17-24)16-18-12-14-20(15-13-18)21(22)23;/h12-15,19,24H,2-11,16-17H2,1H3,(H,22,23);1H. The molecule has 0 saturated heterocycles. The van der Waals surface area contributed by atoms with Crippen LogP contribution in [0, 0.1) is 5.92 Å². The second kappa shape index (κ2) is 15.6. The quantitative estimate of drug-likeness (QED) is 0.272. The summed E-state index contributed by atoms with van der Waals surface area (Å²) in [4.78, 5) is 10.9. The molecule has 0 heterocycles. The van der Waals surface area contributed by atoms with Gasteiger partial charge >= 0.3 is 5.97 Å². The van der Waals surface area contributed by atoms with Gasteiger partial charge in [0.25, 0.3) is 0 Å². The summed E-state index contributed by atoms with van der Waals surface area (Å²) < 4.78 is 0. The van der Waals surface area contributed by atoms with E-state index in [0.29, 0.717) is 11.5 Å². The predicted octanol–water partition coefficient (Wildman–Crippen LogP) is 6.82. The van der Waals surface area contributed by atoms with Gasteiger partial charge in [0.15, 0.2) is 0 Å². The molecule has 0 spiro atoms. The van der Waals surface area contributed by atoms with Crippen LogP contribution in [-0.2, 0) is 6.42 Å². The molecule has 0 aliphatic heterocycles. The lowest BCUT2D eigenvalue weighted by atomic mass is 9.94. The lowest BCUT2D eigenvalue weighted by Gasteiger charge is -2.14. The third-order valence-corrected chi connectivity index (χ3v) is 5.22. The summed E-state index contributed by atoms with van der Waals surface area (Å²) in [5.41, 5.74) is 1.58. The first kappa shape index (κ1) is 24.3. The van der Waals surface area contributed by atoms with Crippen molar-refractivity contribution in [3.63, 3.8) is 0 Å². The Kier molecular flexibility index (Phi) is 15.2. The zero-order valence-corrected chi connectivity index (χ0v) is 17.3. The maximum absolute atomic E-state index is 10.9. The molecule has 1 aromatic carbocycles. The van der Waals surface area contributed by atoms with Gasteiger partial charge in [0.05, 0.1) is 5.56 Å². The Balaban J connectivity index is 0.00000576. The minimum atomic E-state index is -0.859.